The van der Waals surface area contributed by atoms with E-state index in [9.17, 15) is 14.4 Å². The molecule has 0 saturated carbocycles. The largest absolute Gasteiger partial charge is 0.383 e. The Bertz CT molecular complexity index is 1890. The molecule has 9 heteroatoms. The van der Waals surface area contributed by atoms with Gasteiger partial charge in [0, 0.05) is 41.6 Å². The van der Waals surface area contributed by atoms with Crippen molar-refractivity contribution >= 4 is 39.3 Å². The average Bonchev–Trinajstić information content (AvgIpc) is 2.95. The van der Waals surface area contributed by atoms with Crippen LogP contribution in [0.25, 0.3) is 27.4 Å². The highest BCUT2D eigenvalue weighted by atomic mass is 16.2. The van der Waals surface area contributed by atoms with Crippen LogP contribution in [0.15, 0.2) is 83.9 Å². The van der Waals surface area contributed by atoms with Gasteiger partial charge in [-0.2, -0.15) is 0 Å². The maximum atomic E-state index is 14.1. The number of nitrogens with two attached hydrogens (primary N) is 1. The first-order valence-corrected chi connectivity index (χ1v) is 12.6. The van der Waals surface area contributed by atoms with Gasteiger partial charge in [-0.25, -0.2) is 4.98 Å². The van der Waals surface area contributed by atoms with Gasteiger partial charge in [-0.1, -0.05) is 42.2 Å². The fraction of sp³-hybridized carbons (Fsp3) is 0.129. The molecule has 0 aliphatic heterocycles. The molecule has 9 nitrogen and oxygen atoms in total. The first kappa shape index (κ1) is 26.1. The predicted molar refractivity (Wildman–Crippen MR) is 155 cm³/mol. The third-order valence-corrected chi connectivity index (χ3v) is 6.43. The third kappa shape index (κ3) is 5.11. The molecule has 40 heavy (non-hydrogen) atoms. The van der Waals surface area contributed by atoms with E-state index in [2.05, 4.69) is 32.4 Å². The van der Waals surface area contributed by atoms with Crippen molar-refractivity contribution in [1.82, 2.24) is 25.2 Å². The Kier molecular flexibility index (Phi) is 7.25. The SMILES string of the molecule is CC(=O)NCC#Cc1cccc2cc([C@@H](C)NC(=O)c3c(N)ncc4cccnc34)n(-c3ccccc3)c(=O)c12. The standard InChI is InChI=1S/C31H26N6O3/c1-19(36-30(39)27-28-23(12-8-16-34-28)18-35-29(27)32)25-17-22-10-6-9-21(11-7-15-33-20(2)38)26(22)31(40)37(25)24-13-4-3-5-14-24/h3-6,8-10,12-14,16-19H,15H2,1-2H3,(H2,32,35)(H,33,38)(H,36,39)/t19-/m1/s1. The quantitative estimate of drug-likeness (QED) is 0.298. The number of benzene rings is 2. The van der Waals surface area contributed by atoms with Gasteiger partial charge in [0.25, 0.3) is 11.5 Å². The molecule has 0 spiro atoms. The fourth-order valence-electron chi connectivity index (χ4n) is 4.58. The normalized spacial score (nSPS) is 11.4. The summed E-state index contributed by atoms with van der Waals surface area (Å²) in [6, 6.07) is 19.5. The first-order valence-electron chi connectivity index (χ1n) is 12.6. The fourth-order valence-corrected chi connectivity index (χ4v) is 4.58. The van der Waals surface area contributed by atoms with Crippen molar-refractivity contribution < 1.29 is 9.59 Å². The zero-order chi connectivity index (χ0) is 28.2. The summed E-state index contributed by atoms with van der Waals surface area (Å²) in [6.45, 7) is 3.39. The van der Waals surface area contributed by atoms with E-state index in [-0.39, 0.29) is 29.4 Å². The number of pyridine rings is 3. The van der Waals surface area contributed by atoms with Crippen molar-refractivity contribution in [2.24, 2.45) is 0 Å². The number of fused-ring (bicyclic) bond motifs is 2. The number of nitrogens with zero attached hydrogens (tertiary/aromatic N) is 3. The summed E-state index contributed by atoms with van der Waals surface area (Å²) >= 11 is 0. The average molecular weight is 531 g/mol. The number of hydrogen-bond acceptors (Lipinski definition) is 6. The second-order valence-corrected chi connectivity index (χ2v) is 9.18. The Balaban J connectivity index is 1.62. The maximum absolute atomic E-state index is 14.1. The lowest BCUT2D eigenvalue weighted by atomic mass is 10.0. The smallest absolute Gasteiger partial charge is 0.264 e. The minimum Gasteiger partial charge on any atom is -0.383 e. The lowest BCUT2D eigenvalue weighted by Crippen LogP contribution is -2.33. The van der Waals surface area contributed by atoms with Gasteiger partial charge in [0.1, 0.15) is 11.4 Å². The van der Waals surface area contributed by atoms with Gasteiger partial charge in [0.2, 0.25) is 5.91 Å². The van der Waals surface area contributed by atoms with Crippen LogP contribution in [0, 0.1) is 11.8 Å². The van der Waals surface area contributed by atoms with E-state index in [4.69, 9.17) is 5.73 Å². The minimum atomic E-state index is -0.599. The molecular weight excluding hydrogens is 504 g/mol. The van der Waals surface area contributed by atoms with Crippen LogP contribution in [0.3, 0.4) is 0 Å². The number of aromatic nitrogens is 3. The lowest BCUT2D eigenvalue weighted by Gasteiger charge is -2.21. The summed E-state index contributed by atoms with van der Waals surface area (Å²) in [7, 11) is 0. The van der Waals surface area contributed by atoms with Gasteiger partial charge in [-0.05, 0) is 48.7 Å². The molecule has 0 unspecified atom stereocenters. The highest BCUT2D eigenvalue weighted by Gasteiger charge is 2.22. The summed E-state index contributed by atoms with van der Waals surface area (Å²) in [5, 5.41) is 7.42. The second-order valence-electron chi connectivity index (χ2n) is 9.18. The van der Waals surface area contributed by atoms with E-state index in [1.54, 1.807) is 36.0 Å². The number of hydrogen-bond donors (Lipinski definition) is 3. The molecule has 2 aromatic carbocycles. The summed E-state index contributed by atoms with van der Waals surface area (Å²) in [6.07, 6.45) is 3.17. The Morgan fingerprint density at radius 2 is 1.80 bits per heavy atom. The highest BCUT2D eigenvalue weighted by molar-refractivity contribution is 6.09. The van der Waals surface area contributed by atoms with Crippen molar-refractivity contribution in [1.29, 1.82) is 0 Å². The van der Waals surface area contributed by atoms with Crippen molar-refractivity contribution in [3.05, 3.63) is 106 Å². The van der Waals surface area contributed by atoms with E-state index in [0.29, 0.717) is 38.6 Å². The zero-order valence-electron chi connectivity index (χ0n) is 21.9. The molecule has 0 bridgehead atoms. The number of rotatable bonds is 5. The van der Waals surface area contributed by atoms with Crippen LogP contribution in [0.1, 0.15) is 41.5 Å². The monoisotopic (exact) mass is 530 g/mol. The zero-order valence-corrected chi connectivity index (χ0v) is 21.9. The first-order chi connectivity index (χ1) is 19.3. The van der Waals surface area contributed by atoms with Gasteiger partial charge in [-0.15, -0.1) is 0 Å². The van der Waals surface area contributed by atoms with Crippen molar-refractivity contribution in [3.8, 4) is 17.5 Å². The molecule has 0 fully saturated rings. The van der Waals surface area contributed by atoms with Crippen LogP contribution in [-0.2, 0) is 4.79 Å². The Hall–Kier alpha value is -5.49. The number of nitrogen functional groups attached to an aromatic ring is 1. The van der Waals surface area contributed by atoms with Gasteiger partial charge < -0.3 is 16.4 Å². The molecule has 5 aromatic rings. The number of anilines is 1. The molecular formula is C31H26N6O3. The van der Waals surface area contributed by atoms with Crippen molar-refractivity contribution in [2.45, 2.75) is 19.9 Å². The van der Waals surface area contributed by atoms with Crippen LogP contribution in [0.5, 0.6) is 0 Å². The van der Waals surface area contributed by atoms with Crippen molar-refractivity contribution in [2.75, 3.05) is 12.3 Å². The molecule has 198 valence electrons. The van der Waals surface area contributed by atoms with Gasteiger partial charge in [-0.3, -0.25) is 23.9 Å². The maximum Gasteiger partial charge on any atom is 0.264 e. The molecule has 0 radical (unpaired) electrons. The molecule has 1 atom stereocenters. The molecule has 0 aliphatic rings. The topological polar surface area (TPSA) is 132 Å². The highest BCUT2D eigenvalue weighted by Crippen LogP contribution is 2.25. The molecule has 0 saturated heterocycles. The Morgan fingerprint density at radius 1 is 1.02 bits per heavy atom. The lowest BCUT2D eigenvalue weighted by molar-refractivity contribution is -0.118. The molecule has 3 aromatic heterocycles. The number of carbonyl (C=O) groups excluding carboxylic acids is 2. The van der Waals surface area contributed by atoms with Crippen LogP contribution in [-0.4, -0.2) is 32.9 Å². The van der Waals surface area contributed by atoms with Gasteiger partial charge in [0.15, 0.2) is 0 Å². The van der Waals surface area contributed by atoms with E-state index in [1.165, 1.54) is 6.92 Å². The summed E-state index contributed by atoms with van der Waals surface area (Å²) < 4.78 is 1.58. The van der Waals surface area contributed by atoms with E-state index in [1.807, 2.05) is 54.6 Å². The van der Waals surface area contributed by atoms with Crippen LogP contribution in [0.4, 0.5) is 5.82 Å². The minimum absolute atomic E-state index is 0.0670. The molecule has 0 aliphatic carbocycles. The second kappa shape index (κ2) is 11.1. The summed E-state index contributed by atoms with van der Waals surface area (Å²) in [5.41, 5.74) is 8.19. The molecule has 3 heterocycles. The third-order valence-electron chi connectivity index (χ3n) is 6.43. The van der Waals surface area contributed by atoms with E-state index in [0.717, 1.165) is 0 Å². The number of nitrogens with one attached hydrogen (secondary N) is 2. The summed E-state index contributed by atoms with van der Waals surface area (Å²) in [4.78, 5) is 47.3. The van der Waals surface area contributed by atoms with E-state index < -0.39 is 11.9 Å². The van der Waals surface area contributed by atoms with Gasteiger partial charge >= 0.3 is 0 Å². The number of amides is 2. The van der Waals surface area contributed by atoms with Crippen LogP contribution in [0.2, 0.25) is 0 Å². The van der Waals surface area contributed by atoms with Crippen LogP contribution < -0.4 is 21.9 Å². The molecule has 4 N–H and O–H groups in total. The molecule has 5 rings (SSSR count). The van der Waals surface area contributed by atoms with Crippen LogP contribution >= 0.6 is 0 Å². The number of carbonyl (C=O) groups is 2. The van der Waals surface area contributed by atoms with Gasteiger partial charge in [0.05, 0.1) is 23.5 Å². The summed E-state index contributed by atoms with van der Waals surface area (Å²) in [5.74, 6) is 5.35. The van der Waals surface area contributed by atoms with E-state index >= 15 is 0 Å². The molecule has 2 amide bonds. The Labute approximate surface area is 230 Å². The van der Waals surface area contributed by atoms with Crippen molar-refractivity contribution in [3.63, 3.8) is 0 Å². The number of para-hydroxylation sites is 1. The Morgan fingerprint density at radius 3 is 2.58 bits per heavy atom. The predicted octanol–water partition coefficient (Wildman–Crippen LogP) is 3.49.